The molecule has 1 aliphatic heterocycles. The molecule has 0 spiro atoms. The van der Waals surface area contributed by atoms with Crippen LogP contribution in [0, 0.1) is 6.92 Å². The Kier molecular flexibility index (Phi) is 6.85. The number of carbonyl (C=O) groups is 1. The maximum absolute atomic E-state index is 13.1. The predicted octanol–water partition coefficient (Wildman–Crippen LogP) is 5.83. The highest BCUT2D eigenvalue weighted by Gasteiger charge is 2.26. The van der Waals surface area contributed by atoms with Gasteiger partial charge in [0.05, 0.1) is 0 Å². The third kappa shape index (κ3) is 5.50. The van der Waals surface area contributed by atoms with Crippen molar-refractivity contribution in [2.24, 2.45) is 0 Å². The highest BCUT2D eigenvalue weighted by atomic mass is 79.9. The van der Waals surface area contributed by atoms with Crippen molar-refractivity contribution in [2.45, 2.75) is 37.5 Å². The lowest BCUT2D eigenvalue weighted by atomic mass is 10.2. The Morgan fingerprint density at radius 2 is 1.71 bits per heavy atom. The molecule has 2 aromatic carbocycles. The van der Waals surface area contributed by atoms with E-state index in [1.54, 1.807) is 17.0 Å². The van der Waals surface area contributed by atoms with E-state index in [2.05, 4.69) is 25.6 Å². The number of sulfonamides is 1. The van der Waals surface area contributed by atoms with Crippen molar-refractivity contribution in [1.29, 1.82) is 0 Å². The second kappa shape index (κ2) is 9.39. The van der Waals surface area contributed by atoms with Crippen molar-refractivity contribution in [1.82, 2.24) is 4.90 Å². The number of fused-ring (bicyclic) bond motifs is 1. The lowest BCUT2D eigenvalue weighted by molar-refractivity contribution is 0.0240. The molecule has 0 aliphatic carbocycles. The zero-order valence-corrected chi connectivity index (χ0v) is 22.8. The first-order chi connectivity index (χ1) is 15.9. The van der Waals surface area contributed by atoms with Gasteiger partial charge in [0.25, 0.3) is 10.0 Å². The van der Waals surface area contributed by atoms with Gasteiger partial charge in [-0.1, -0.05) is 15.9 Å². The molecule has 4 rings (SSSR count). The average Bonchev–Trinajstić information content (AvgIpc) is 3.10. The summed E-state index contributed by atoms with van der Waals surface area (Å²) in [5.74, 6) is 0. The summed E-state index contributed by atoms with van der Waals surface area (Å²) in [6.45, 7) is 9.92. The van der Waals surface area contributed by atoms with Crippen LogP contribution in [-0.4, -0.2) is 51.2 Å². The number of benzene rings is 2. The number of hydrogen-bond acceptors (Lipinski definition) is 6. The Balaban J connectivity index is 1.42. The number of carbonyl (C=O) groups excluding carboxylic acids is 1. The van der Waals surface area contributed by atoms with Crippen molar-refractivity contribution in [3.05, 3.63) is 52.5 Å². The molecule has 1 aromatic heterocycles. The second-order valence-corrected chi connectivity index (χ2v) is 13.1. The molecule has 1 aliphatic rings. The van der Waals surface area contributed by atoms with E-state index in [1.165, 1.54) is 11.3 Å². The number of thiophene rings is 1. The number of piperazine rings is 1. The fraction of sp³-hybridized carbons (Fsp3) is 0.375. The van der Waals surface area contributed by atoms with Gasteiger partial charge in [0.2, 0.25) is 0 Å². The number of ether oxygens (including phenoxy) is 1. The van der Waals surface area contributed by atoms with E-state index in [-0.39, 0.29) is 6.09 Å². The topological polar surface area (TPSA) is 79.0 Å². The fourth-order valence-corrected chi connectivity index (χ4v) is 7.01. The zero-order valence-electron chi connectivity index (χ0n) is 19.6. The van der Waals surface area contributed by atoms with Gasteiger partial charge in [-0.05, 0) is 81.1 Å². The molecule has 3 aromatic rings. The summed E-state index contributed by atoms with van der Waals surface area (Å²) in [7, 11) is -3.71. The quantitative estimate of drug-likeness (QED) is 0.430. The first-order valence-corrected chi connectivity index (χ1v) is 14.1. The molecular weight excluding hydrogens is 538 g/mol. The molecule has 0 radical (unpaired) electrons. The monoisotopic (exact) mass is 565 g/mol. The van der Waals surface area contributed by atoms with E-state index in [1.807, 2.05) is 58.0 Å². The largest absolute Gasteiger partial charge is 0.444 e. The third-order valence-corrected chi connectivity index (χ3v) is 9.28. The summed E-state index contributed by atoms with van der Waals surface area (Å²) in [6, 6.07) is 13.1. The minimum Gasteiger partial charge on any atom is -0.444 e. The number of amides is 1. The average molecular weight is 567 g/mol. The molecule has 182 valence electrons. The summed E-state index contributed by atoms with van der Waals surface area (Å²) < 4.78 is 36.5. The number of hydrogen-bond donors (Lipinski definition) is 1. The molecule has 1 fully saturated rings. The van der Waals surface area contributed by atoms with Crippen molar-refractivity contribution in [3.8, 4) is 0 Å². The van der Waals surface area contributed by atoms with Gasteiger partial charge in [-0.15, -0.1) is 11.3 Å². The Bertz CT molecular complexity index is 1310. The van der Waals surface area contributed by atoms with Gasteiger partial charge < -0.3 is 14.5 Å². The van der Waals surface area contributed by atoms with Crippen LogP contribution in [0.3, 0.4) is 0 Å². The Morgan fingerprint density at radius 3 is 2.32 bits per heavy atom. The van der Waals surface area contributed by atoms with Gasteiger partial charge in [0.1, 0.15) is 9.81 Å². The van der Waals surface area contributed by atoms with Crippen molar-refractivity contribution >= 4 is 64.8 Å². The van der Waals surface area contributed by atoms with Crippen molar-refractivity contribution < 1.29 is 17.9 Å². The lowest BCUT2D eigenvalue weighted by Gasteiger charge is -2.36. The first-order valence-electron chi connectivity index (χ1n) is 11.0. The Hall–Kier alpha value is -2.30. The minimum absolute atomic E-state index is 0.291. The van der Waals surface area contributed by atoms with E-state index in [0.717, 1.165) is 25.8 Å². The summed E-state index contributed by atoms with van der Waals surface area (Å²) >= 11 is 4.72. The molecule has 10 heteroatoms. The van der Waals surface area contributed by atoms with Crippen LogP contribution >= 0.6 is 27.3 Å². The van der Waals surface area contributed by atoms with Gasteiger partial charge >= 0.3 is 6.09 Å². The lowest BCUT2D eigenvalue weighted by Crippen LogP contribution is -2.50. The van der Waals surface area contributed by atoms with Gasteiger partial charge in [-0.2, -0.15) is 0 Å². The van der Waals surface area contributed by atoms with Crippen LogP contribution in [0.5, 0.6) is 0 Å². The van der Waals surface area contributed by atoms with E-state index in [0.29, 0.717) is 36.1 Å². The smallest absolute Gasteiger partial charge is 0.410 e. The van der Waals surface area contributed by atoms with Crippen molar-refractivity contribution in [3.63, 3.8) is 0 Å². The first kappa shape index (κ1) is 24.8. The highest BCUT2D eigenvalue weighted by molar-refractivity contribution is 9.10. The molecule has 0 unspecified atom stereocenters. The number of anilines is 2. The maximum Gasteiger partial charge on any atom is 0.410 e. The summed E-state index contributed by atoms with van der Waals surface area (Å²) in [5.41, 5.74) is 1.72. The molecule has 0 bridgehead atoms. The van der Waals surface area contributed by atoms with Gasteiger partial charge in [-0.25, -0.2) is 13.2 Å². The molecule has 34 heavy (non-hydrogen) atoms. The Labute approximate surface area is 212 Å². The molecule has 2 heterocycles. The van der Waals surface area contributed by atoms with Crippen LogP contribution in [0.1, 0.15) is 26.3 Å². The molecule has 7 nitrogen and oxygen atoms in total. The van der Waals surface area contributed by atoms with Gasteiger partial charge in [-0.3, -0.25) is 4.72 Å². The molecule has 0 atom stereocenters. The number of aryl methyl sites for hydroxylation is 1. The van der Waals surface area contributed by atoms with E-state index in [9.17, 15) is 13.2 Å². The maximum atomic E-state index is 13.1. The zero-order chi connectivity index (χ0) is 24.7. The molecule has 0 saturated carbocycles. The van der Waals surface area contributed by atoms with Crippen LogP contribution in [0.25, 0.3) is 10.1 Å². The van der Waals surface area contributed by atoms with E-state index < -0.39 is 15.6 Å². The number of nitrogens with zero attached hydrogens (tertiary/aromatic N) is 2. The van der Waals surface area contributed by atoms with Crippen LogP contribution in [0.2, 0.25) is 0 Å². The Morgan fingerprint density at radius 1 is 1.06 bits per heavy atom. The van der Waals surface area contributed by atoms with E-state index >= 15 is 0 Å². The summed E-state index contributed by atoms with van der Waals surface area (Å²) in [5, 5.41) is 0.931. The summed E-state index contributed by atoms with van der Waals surface area (Å²) in [6.07, 6.45) is -0.291. The van der Waals surface area contributed by atoms with Crippen LogP contribution < -0.4 is 9.62 Å². The van der Waals surface area contributed by atoms with Gasteiger partial charge in [0, 0.05) is 46.7 Å². The van der Waals surface area contributed by atoms with E-state index in [4.69, 9.17) is 4.74 Å². The number of halogens is 1. The van der Waals surface area contributed by atoms with Crippen LogP contribution in [-0.2, 0) is 14.8 Å². The van der Waals surface area contributed by atoms with Crippen LogP contribution in [0.15, 0.2) is 51.1 Å². The second-order valence-electron chi connectivity index (χ2n) is 9.26. The molecule has 1 saturated heterocycles. The normalized spacial score (nSPS) is 15.0. The third-order valence-electron chi connectivity index (χ3n) is 5.51. The summed E-state index contributed by atoms with van der Waals surface area (Å²) in [4.78, 5) is 16.2. The van der Waals surface area contributed by atoms with Crippen LogP contribution in [0.4, 0.5) is 16.2 Å². The minimum atomic E-state index is -3.71. The fourth-order valence-electron chi connectivity index (χ4n) is 3.84. The molecule has 1 N–H and O–H groups in total. The highest BCUT2D eigenvalue weighted by Crippen LogP contribution is 2.36. The predicted molar refractivity (Wildman–Crippen MR) is 142 cm³/mol. The molecular formula is C24H28BrN3O4S2. The number of rotatable bonds is 4. The number of nitrogens with one attached hydrogen (secondary N) is 1. The molecule has 1 amide bonds. The standard InChI is InChI=1S/C24H28BrN3O4S2/c1-16-20-15-17(25)5-10-21(20)33-22(16)34(30,31)26-18-6-8-19(9-7-18)27-11-13-28(14-12-27)23(29)32-24(2,3)4/h5-10,15,26H,11-14H2,1-4H3. The van der Waals surface area contributed by atoms with Crippen molar-refractivity contribution in [2.75, 3.05) is 35.8 Å². The SMILES string of the molecule is Cc1c(S(=O)(=O)Nc2ccc(N3CCN(C(=O)OC(C)(C)C)CC3)cc2)sc2ccc(Br)cc12. The van der Waals surface area contributed by atoms with Gasteiger partial charge in [0.15, 0.2) is 0 Å².